The SMILES string of the molecule is CC(C)(C)C[C@@H]1NC[C@H](c2ccccc2Cl)[C@@H]1CNCc1ccc(-c2cnoc2)cc1. The normalized spacial score (nSPS) is 21.5. The zero-order valence-corrected chi connectivity index (χ0v) is 19.3. The Balaban J connectivity index is 1.43. The van der Waals surface area contributed by atoms with Crippen LogP contribution in [0.1, 0.15) is 44.2 Å². The molecule has 0 radical (unpaired) electrons. The van der Waals surface area contributed by atoms with Crippen molar-refractivity contribution in [2.45, 2.75) is 45.7 Å². The van der Waals surface area contributed by atoms with E-state index >= 15 is 0 Å². The number of halogens is 1. The first kappa shape index (κ1) is 22.1. The molecule has 1 aliphatic rings. The fourth-order valence-corrected chi connectivity index (χ4v) is 4.97. The summed E-state index contributed by atoms with van der Waals surface area (Å²) in [6.07, 6.45) is 4.56. The first-order chi connectivity index (χ1) is 14.9. The Hall–Kier alpha value is -2.14. The second kappa shape index (κ2) is 9.56. The molecular formula is C26H32ClN3O. The molecule has 4 rings (SSSR count). The Morgan fingerprint density at radius 3 is 2.55 bits per heavy atom. The Morgan fingerprint density at radius 2 is 1.87 bits per heavy atom. The third-order valence-electron chi connectivity index (χ3n) is 6.20. The minimum absolute atomic E-state index is 0.281. The van der Waals surface area contributed by atoms with Crippen LogP contribution < -0.4 is 10.6 Å². The minimum atomic E-state index is 0.281. The molecule has 4 nitrogen and oxygen atoms in total. The van der Waals surface area contributed by atoms with Crippen molar-refractivity contribution >= 4 is 11.6 Å². The maximum Gasteiger partial charge on any atom is 0.131 e. The van der Waals surface area contributed by atoms with Gasteiger partial charge in [-0.25, -0.2) is 0 Å². The van der Waals surface area contributed by atoms with Crippen LogP contribution >= 0.6 is 11.6 Å². The first-order valence-electron chi connectivity index (χ1n) is 11.1. The molecule has 0 saturated carbocycles. The lowest BCUT2D eigenvalue weighted by atomic mass is 9.79. The van der Waals surface area contributed by atoms with Gasteiger partial charge in [0.15, 0.2) is 0 Å². The summed E-state index contributed by atoms with van der Waals surface area (Å²) >= 11 is 6.58. The van der Waals surface area contributed by atoms with E-state index in [1.807, 2.05) is 12.1 Å². The van der Waals surface area contributed by atoms with Crippen molar-refractivity contribution in [1.82, 2.24) is 15.8 Å². The van der Waals surface area contributed by atoms with E-state index in [0.717, 1.165) is 42.2 Å². The maximum atomic E-state index is 6.58. The largest absolute Gasteiger partial charge is 0.364 e. The average Bonchev–Trinajstić information content (AvgIpc) is 3.39. The molecule has 0 bridgehead atoms. The number of hydrogen-bond acceptors (Lipinski definition) is 4. The molecule has 1 aromatic heterocycles. The molecule has 0 unspecified atom stereocenters. The van der Waals surface area contributed by atoms with Gasteiger partial charge in [0.05, 0.1) is 6.20 Å². The standard InChI is InChI=1S/C26H32ClN3O/c1-26(2,3)12-25-23(22(16-29-25)21-6-4-5-7-24(21)27)15-28-13-18-8-10-19(11-9-18)20-14-30-31-17-20/h4-11,14,17,22-23,25,28-29H,12-13,15-16H2,1-3H3/t22-,23+,25+/m1/s1. The van der Waals surface area contributed by atoms with Crippen LogP contribution in [0, 0.1) is 11.3 Å². The highest BCUT2D eigenvalue weighted by Gasteiger charge is 2.38. The molecule has 2 N–H and O–H groups in total. The Morgan fingerprint density at radius 1 is 1.10 bits per heavy atom. The fourth-order valence-electron chi connectivity index (χ4n) is 4.69. The molecule has 0 amide bonds. The number of benzene rings is 2. The molecule has 1 saturated heterocycles. The van der Waals surface area contributed by atoms with E-state index in [9.17, 15) is 0 Å². The second-order valence-corrected chi connectivity index (χ2v) is 10.2. The van der Waals surface area contributed by atoms with Crippen molar-refractivity contribution in [3.63, 3.8) is 0 Å². The van der Waals surface area contributed by atoms with Gasteiger partial charge in [0.25, 0.3) is 0 Å². The smallest absolute Gasteiger partial charge is 0.131 e. The van der Waals surface area contributed by atoms with E-state index in [0.29, 0.717) is 17.9 Å². The summed E-state index contributed by atoms with van der Waals surface area (Å²) in [6, 6.07) is 17.4. The van der Waals surface area contributed by atoms with Crippen LogP contribution in [-0.2, 0) is 6.54 Å². The van der Waals surface area contributed by atoms with Crippen molar-refractivity contribution in [3.8, 4) is 11.1 Å². The van der Waals surface area contributed by atoms with Gasteiger partial charge in [-0.1, -0.05) is 80.0 Å². The van der Waals surface area contributed by atoms with Crippen molar-refractivity contribution in [2.75, 3.05) is 13.1 Å². The molecular weight excluding hydrogens is 406 g/mol. The third-order valence-corrected chi connectivity index (χ3v) is 6.54. The molecule has 0 aliphatic carbocycles. The average molecular weight is 438 g/mol. The van der Waals surface area contributed by atoms with Crippen molar-refractivity contribution in [2.24, 2.45) is 11.3 Å². The second-order valence-electron chi connectivity index (χ2n) is 9.81. The molecule has 0 spiro atoms. The lowest BCUT2D eigenvalue weighted by Crippen LogP contribution is -2.37. The lowest BCUT2D eigenvalue weighted by molar-refractivity contribution is 0.275. The molecule has 1 aliphatic heterocycles. The summed E-state index contributed by atoms with van der Waals surface area (Å²) in [4.78, 5) is 0. The van der Waals surface area contributed by atoms with Gasteiger partial charge in [0.1, 0.15) is 6.26 Å². The fraction of sp³-hybridized carbons (Fsp3) is 0.423. The molecule has 164 valence electrons. The summed E-state index contributed by atoms with van der Waals surface area (Å²) in [5.74, 6) is 0.917. The highest BCUT2D eigenvalue weighted by molar-refractivity contribution is 6.31. The minimum Gasteiger partial charge on any atom is -0.364 e. The molecule has 3 aromatic rings. The molecule has 31 heavy (non-hydrogen) atoms. The molecule has 5 heteroatoms. The van der Waals surface area contributed by atoms with Gasteiger partial charge in [-0.05, 0) is 40.5 Å². The molecule has 1 fully saturated rings. The van der Waals surface area contributed by atoms with Crippen LogP contribution in [0.3, 0.4) is 0 Å². The van der Waals surface area contributed by atoms with E-state index in [1.165, 1.54) is 11.1 Å². The quantitative estimate of drug-likeness (QED) is 0.483. The van der Waals surface area contributed by atoms with Crippen molar-refractivity contribution in [3.05, 3.63) is 77.1 Å². The number of hydrogen-bond donors (Lipinski definition) is 2. The predicted octanol–water partition coefficient (Wildman–Crippen LogP) is 5.89. The Labute approximate surface area is 190 Å². The Bertz CT molecular complexity index is 963. The predicted molar refractivity (Wildman–Crippen MR) is 127 cm³/mol. The van der Waals surface area contributed by atoms with Gasteiger partial charge in [0.2, 0.25) is 0 Å². The summed E-state index contributed by atoms with van der Waals surface area (Å²) < 4.78 is 4.94. The van der Waals surface area contributed by atoms with Crippen LogP contribution in [0.15, 0.2) is 65.5 Å². The van der Waals surface area contributed by atoms with Crippen LogP contribution in [0.25, 0.3) is 11.1 Å². The van der Waals surface area contributed by atoms with Gasteiger partial charge >= 0.3 is 0 Å². The number of nitrogens with zero attached hydrogens (tertiary/aromatic N) is 1. The van der Waals surface area contributed by atoms with E-state index in [4.69, 9.17) is 16.1 Å². The first-order valence-corrected chi connectivity index (χ1v) is 11.5. The highest BCUT2D eigenvalue weighted by Crippen LogP contribution is 2.39. The topological polar surface area (TPSA) is 50.1 Å². The third kappa shape index (κ3) is 5.57. The number of rotatable bonds is 7. The summed E-state index contributed by atoms with van der Waals surface area (Å²) in [5, 5.41) is 12.2. The molecule has 3 atom stereocenters. The lowest BCUT2D eigenvalue weighted by Gasteiger charge is -2.30. The van der Waals surface area contributed by atoms with E-state index < -0.39 is 0 Å². The van der Waals surface area contributed by atoms with Gasteiger partial charge in [-0.2, -0.15) is 0 Å². The van der Waals surface area contributed by atoms with E-state index in [1.54, 1.807) is 12.5 Å². The molecule has 2 aromatic carbocycles. The number of aromatic nitrogens is 1. The van der Waals surface area contributed by atoms with E-state index in [-0.39, 0.29) is 5.41 Å². The summed E-state index contributed by atoms with van der Waals surface area (Å²) in [6.45, 7) is 9.73. The van der Waals surface area contributed by atoms with E-state index in [2.05, 4.69) is 73.0 Å². The van der Waals surface area contributed by atoms with Gasteiger partial charge < -0.3 is 15.2 Å². The van der Waals surface area contributed by atoms with Gasteiger partial charge in [0, 0.05) is 42.2 Å². The van der Waals surface area contributed by atoms with Crippen LogP contribution in [-0.4, -0.2) is 24.3 Å². The van der Waals surface area contributed by atoms with Crippen molar-refractivity contribution < 1.29 is 4.52 Å². The maximum absolute atomic E-state index is 6.58. The molecule has 2 heterocycles. The van der Waals surface area contributed by atoms with Gasteiger partial charge in [-0.15, -0.1) is 0 Å². The zero-order valence-electron chi connectivity index (χ0n) is 18.6. The van der Waals surface area contributed by atoms with Crippen LogP contribution in [0.4, 0.5) is 0 Å². The number of nitrogens with one attached hydrogen (secondary N) is 2. The highest BCUT2D eigenvalue weighted by atomic mass is 35.5. The van der Waals surface area contributed by atoms with Crippen molar-refractivity contribution in [1.29, 1.82) is 0 Å². The summed E-state index contributed by atoms with van der Waals surface area (Å²) in [7, 11) is 0. The zero-order chi connectivity index (χ0) is 21.8. The van der Waals surface area contributed by atoms with Crippen LogP contribution in [0.2, 0.25) is 5.02 Å². The Kier molecular flexibility index (Phi) is 6.80. The van der Waals surface area contributed by atoms with Crippen LogP contribution in [0.5, 0.6) is 0 Å². The summed E-state index contributed by atoms with van der Waals surface area (Å²) in [5.41, 5.74) is 4.94. The van der Waals surface area contributed by atoms with Gasteiger partial charge in [-0.3, -0.25) is 0 Å². The monoisotopic (exact) mass is 437 g/mol.